The quantitative estimate of drug-likeness (QED) is 0.498. The van der Waals surface area contributed by atoms with E-state index in [-0.39, 0.29) is 34.4 Å². The second-order valence-corrected chi connectivity index (χ2v) is 12.7. The summed E-state index contributed by atoms with van der Waals surface area (Å²) in [5.74, 6) is 0. The molecule has 1 heterocycles. The molecule has 0 aliphatic carbocycles. The fourth-order valence-electron chi connectivity index (χ4n) is 2.88. The van der Waals surface area contributed by atoms with Gasteiger partial charge in [0.2, 0.25) is 0 Å². The Morgan fingerprint density at radius 1 is 1.38 bits per heavy atom. The zero-order valence-corrected chi connectivity index (χ0v) is 16.2. The zero-order chi connectivity index (χ0) is 18.1. The van der Waals surface area contributed by atoms with Gasteiger partial charge >= 0.3 is 0 Å². The van der Waals surface area contributed by atoms with E-state index >= 15 is 0 Å². The first kappa shape index (κ1) is 18.9. The van der Waals surface area contributed by atoms with Gasteiger partial charge in [-0.1, -0.05) is 32.9 Å². The van der Waals surface area contributed by atoms with Gasteiger partial charge in [0.1, 0.15) is 5.69 Å². The predicted octanol–water partition coefficient (Wildman–Crippen LogP) is 3.56. The Bertz CT molecular complexity index is 600. The molecule has 2 rings (SSSR count). The van der Waals surface area contributed by atoms with Gasteiger partial charge in [0.05, 0.1) is 23.7 Å². The number of hydrogen-bond acceptors (Lipinski definition) is 5. The highest BCUT2D eigenvalue weighted by Crippen LogP contribution is 2.40. The molecule has 1 aromatic carbocycles. The van der Waals surface area contributed by atoms with Crippen LogP contribution in [-0.4, -0.2) is 43.6 Å². The zero-order valence-electron chi connectivity index (χ0n) is 15.2. The van der Waals surface area contributed by atoms with Crippen LogP contribution in [0.25, 0.3) is 0 Å². The van der Waals surface area contributed by atoms with Crippen molar-refractivity contribution in [3.05, 3.63) is 34.4 Å². The summed E-state index contributed by atoms with van der Waals surface area (Å²) in [4.78, 5) is 12.9. The van der Waals surface area contributed by atoms with E-state index in [1.165, 1.54) is 6.07 Å². The summed E-state index contributed by atoms with van der Waals surface area (Å²) >= 11 is 0. The molecule has 1 aliphatic rings. The van der Waals surface area contributed by atoms with Crippen LogP contribution in [0.3, 0.4) is 0 Å². The second-order valence-electron chi connectivity index (χ2n) is 7.97. The van der Waals surface area contributed by atoms with Crippen LogP contribution in [0.4, 0.5) is 11.4 Å². The van der Waals surface area contributed by atoms with Gasteiger partial charge in [0.25, 0.3) is 5.69 Å². The molecule has 0 spiro atoms. The molecule has 134 valence electrons. The molecule has 1 aliphatic heterocycles. The monoisotopic (exact) mass is 352 g/mol. The van der Waals surface area contributed by atoms with Crippen molar-refractivity contribution in [2.75, 3.05) is 18.1 Å². The van der Waals surface area contributed by atoms with Crippen molar-refractivity contribution in [2.45, 2.75) is 57.5 Å². The number of hydrogen-bond donors (Lipinski definition) is 1. The molecule has 1 aromatic rings. The Morgan fingerprint density at radius 2 is 2.00 bits per heavy atom. The minimum atomic E-state index is -1.92. The van der Waals surface area contributed by atoms with Crippen molar-refractivity contribution in [3.63, 3.8) is 0 Å². The lowest BCUT2D eigenvalue weighted by Gasteiger charge is -2.38. The van der Waals surface area contributed by atoms with Crippen molar-refractivity contribution in [1.82, 2.24) is 0 Å². The molecule has 1 fully saturated rings. The maximum absolute atomic E-state index is 11.3. The fraction of sp³-hybridized carbons (Fsp3) is 0.647. The van der Waals surface area contributed by atoms with Gasteiger partial charge in [-0.2, -0.15) is 0 Å². The molecule has 2 atom stereocenters. The molecule has 0 bridgehead atoms. The molecule has 0 amide bonds. The standard InChI is InChI=1S/C17H28N2O4Si/c1-17(2,3)24(4,5)23-14-10-13(12-20)18(11-14)15-8-6-7-9-16(15)19(21)22/h6-9,13-14,20H,10-12H2,1-5H3/t13-,14-/m1/s1. The van der Waals surface area contributed by atoms with E-state index in [1.54, 1.807) is 18.2 Å². The number of para-hydroxylation sites is 2. The van der Waals surface area contributed by atoms with E-state index in [0.717, 1.165) is 0 Å². The normalized spacial score (nSPS) is 22.0. The molecular weight excluding hydrogens is 324 g/mol. The summed E-state index contributed by atoms with van der Waals surface area (Å²) in [7, 11) is -1.92. The first-order chi connectivity index (χ1) is 11.1. The molecular formula is C17H28N2O4Si. The Morgan fingerprint density at radius 3 is 2.54 bits per heavy atom. The van der Waals surface area contributed by atoms with Gasteiger partial charge in [0.15, 0.2) is 8.32 Å². The molecule has 24 heavy (non-hydrogen) atoms. The van der Waals surface area contributed by atoms with E-state index < -0.39 is 8.32 Å². The molecule has 7 heteroatoms. The topological polar surface area (TPSA) is 75.8 Å². The molecule has 1 N–H and O–H groups in total. The van der Waals surface area contributed by atoms with Crippen LogP contribution in [0.15, 0.2) is 24.3 Å². The van der Waals surface area contributed by atoms with Gasteiger partial charge in [0, 0.05) is 12.6 Å². The van der Waals surface area contributed by atoms with Gasteiger partial charge in [-0.05, 0) is 30.6 Å². The van der Waals surface area contributed by atoms with Crippen LogP contribution >= 0.6 is 0 Å². The van der Waals surface area contributed by atoms with Crippen molar-refractivity contribution < 1.29 is 14.5 Å². The SMILES string of the molecule is CC(C)(C)[Si](C)(C)O[C@@H]1C[C@H](CO)N(c2ccccc2[N+](=O)[O-])C1. The minimum absolute atomic E-state index is 0.0112. The maximum atomic E-state index is 11.3. The summed E-state index contributed by atoms with van der Waals surface area (Å²) in [5.41, 5.74) is 0.631. The Labute approximate surface area is 144 Å². The van der Waals surface area contributed by atoms with Crippen LogP contribution < -0.4 is 4.90 Å². The van der Waals surface area contributed by atoms with Crippen LogP contribution in [0.5, 0.6) is 0 Å². The first-order valence-corrected chi connectivity index (χ1v) is 11.3. The highest BCUT2D eigenvalue weighted by molar-refractivity contribution is 6.74. The summed E-state index contributed by atoms with van der Waals surface area (Å²) in [6.07, 6.45) is 0.678. The van der Waals surface area contributed by atoms with Crippen molar-refractivity contribution in [1.29, 1.82) is 0 Å². The van der Waals surface area contributed by atoms with E-state index in [4.69, 9.17) is 4.43 Å². The summed E-state index contributed by atoms with van der Waals surface area (Å²) in [6, 6.07) is 6.55. The number of nitro benzene ring substituents is 1. The summed E-state index contributed by atoms with van der Waals surface area (Å²) in [5, 5.41) is 21.2. The number of rotatable bonds is 5. The lowest BCUT2D eigenvalue weighted by Crippen LogP contribution is -2.44. The summed E-state index contributed by atoms with van der Waals surface area (Å²) < 4.78 is 6.46. The van der Waals surface area contributed by atoms with Gasteiger partial charge in [-0.25, -0.2) is 0 Å². The van der Waals surface area contributed by atoms with Crippen LogP contribution in [0, 0.1) is 10.1 Å². The number of anilines is 1. The predicted molar refractivity (Wildman–Crippen MR) is 98.0 cm³/mol. The van der Waals surface area contributed by atoms with E-state index in [2.05, 4.69) is 33.9 Å². The average molecular weight is 353 g/mol. The Kier molecular flexibility index (Phi) is 5.36. The van der Waals surface area contributed by atoms with Gasteiger partial charge in [-0.3, -0.25) is 10.1 Å². The first-order valence-electron chi connectivity index (χ1n) is 8.35. The van der Waals surface area contributed by atoms with E-state index in [1.807, 2.05) is 4.90 Å². The number of aliphatic hydroxyl groups excluding tert-OH is 1. The number of nitro groups is 1. The van der Waals surface area contributed by atoms with Crippen molar-refractivity contribution in [2.24, 2.45) is 0 Å². The van der Waals surface area contributed by atoms with Crippen molar-refractivity contribution >= 4 is 19.7 Å². The highest BCUT2D eigenvalue weighted by atomic mass is 28.4. The average Bonchev–Trinajstić information content (AvgIpc) is 2.88. The van der Waals surface area contributed by atoms with Crippen LogP contribution in [0.2, 0.25) is 18.1 Å². The molecule has 0 radical (unpaired) electrons. The Hall–Kier alpha value is -1.44. The number of aliphatic hydroxyl groups is 1. The third-order valence-electron chi connectivity index (χ3n) is 5.24. The second kappa shape index (κ2) is 6.82. The largest absolute Gasteiger partial charge is 0.412 e. The number of benzene rings is 1. The van der Waals surface area contributed by atoms with E-state index in [9.17, 15) is 15.2 Å². The molecule has 6 nitrogen and oxygen atoms in total. The number of nitrogens with zero attached hydrogens (tertiary/aromatic N) is 2. The molecule has 1 saturated heterocycles. The third kappa shape index (κ3) is 3.79. The molecule has 0 unspecified atom stereocenters. The van der Waals surface area contributed by atoms with Crippen molar-refractivity contribution in [3.8, 4) is 0 Å². The summed E-state index contributed by atoms with van der Waals surface area (Å²) in [6.45, 7) is 11.5. The van der Waals surface area contributed by atoms with Gasteiger partial charge < -0.3 is 14.4 Å². The van der Waals surface area contributed by atoms with Crippen LogP contribution in [0.1, 0.15) is 27.2 Å². The smallest absolute Gasteiger partial charge is 0.292 e. The highest BCUT2D eigenvalue weighted by Gasteiger charge is 2.43. The van der Waals surface area contributed by atoms with Crippen LogP contribution in [-0.2, 0) is 4.43 Å². The van der Waals surface area contributed by atoms with Gasteiger partial charge in [-0.15, -0.1) is 0 Å². The fourth-order valence-corrected chi connectivity index (χ4v) is 4.24. The lowest BCUT2D eigenvalue weighted by atomic mass is 10.2. The maximum Gasteiger partial charge on any atom is 0.292 e. The molecule has 0 aromatic heterocycles. The molecule has 0 saturated carbocycles. The minimum Gasteiger partial charge on any atom is -0.412 e. The third-order valence-corrected chi connectivity index (χ3v) is 9.78. The van der Waals surface area contributed by atoms with E-state index in [0.29, 0.717) is 18.7 Å². The lowest BCUT2D eigenvalue weighted by molar-refractivity contribution is -0.384. The Balaban J connectivity index is 2.23.